The number of fused-ring (bicyclic) bond motifs is 1. The summed E-state index contributed by atoms with van der Waals surface area (Å²) in [6.45, 7) is 0. The second kappa shape index (κ2) is 6.28. The number of nitrogens with zero attached hydrogens (tertiary/aromatic N) is 1. The zero-order valence-corrected chi connectivity index (χ0v) is 15.0. The van der Waals surface area contributed by atoms with Crippen LogP contribution in [0.1, 0.15) is 27.4 Å². The largest absolute Gasteiger partial charge is 0.481 e. The molecule has 0 saturated heterocycles. The number of hydrogen-bond acceptors (Lipinski definition) is 3. The van der Waals surface area contributed by atoms with Gasteiger partial charge >= 0.3 is 5.97 Å². The summed E-state index contributed by atoms with van der Waals surface area (Å²) in [6.07, 6.45) is 1.69. The van der Waals surface area contributed by atoms with Crippen LogP contribution in [-0.4, -0.2) is 16.1 Å². The summed E-state index contributed by atoms with van der Waals surface area (Å²) >= 11 is 7.63. The lowest BCUT2D eigenvalue weighted by Gasteiger charge is -2.27. The summed E-state index contributed by atoms with van der Waals surface area (Å²) in [5.41, 5.74) is 4.19. The molecule has 0 saturated carbocycles. The lowest BCUT2D eigenvalue weighted by atomic mass is 9.78. The lowest BCUT2D eigenvalue weighted by molar-refractivity contribution is -0.136. The third kappa shape index (κ3) is 2.96. The quantitative estimate of drug-likeness (QED) is 0.736. The summed E-state index contributed by atoms with van der Waals surface area (Å²) < 4.78 is 0. The molecule has 0 aliphatic heterocycles. The number of thiazole rings is 1. The van der Waals surface area contributed by atoms with Crippen LogP contribution in [-0.2, 0) is 29.5 Å². The van der Waals surface area contributed by atoms with E-state index in [4.69, 9.17) is 21.7 Å². The maximum Gasteiger partial charge on any atom is 0.309 e. The molecule has 5 heteroatoms. The van der Waals surface area contributed by atoms with Crippen molar-refractivity contribution in [2.75, 3.05) is 0 Å². The molecule has 2 aromatic carbocycles. The zero-order valence-electron chi connectivity index (χ0n) is 13.4. The number of carboxylic acids is 1. The molecule has 0 atom stereocenters. The van der Waals surface area contributed by atoms with Crippen LogP contribution in [0.3, 0.4) is 0 Å². The van der Waals surface area contributed by atoms with Crippen molar-refractivity contribution in [3.63, 3.8) is 0 Å². The number of carbonyl (C=O) groups is 1. The van der Waals surface area contributed by atoms with Gasteiger partial charge in [0.15, 0.2) is 0 Å². The van der Waals surface area contributed by atoms with E-state index in [1.165, 1.54) is 16.7 Å². The number of aliphatic carboxylic acids is 1. The van der Waals surface area contributed by atoms with E-state index in [0.717, 1.165) is 17.8 Å². The van der Waals surface area contributed by atoms with Crippen molar-refractivity contribution < 1.29 is 9.90 Å². The fourth-order valence-electron chi connectivity index (χ4n) is 3.63. The van der Waals surface area contributed by atoms with Crippen LogP contribution < -0.4 is 0 Å². The highest BCUT2D eigenvalue weighted by atomic mass is 35.5. The molecule has 1 N–H and O–H groups in total. The molecule has 0 amide bonds. The minimum atomic E-state index is -0.855. The first kappa shape index (κ1) is 16.3. The molecule has 0 fully saturated rings. The van der Waals surface area contributed by atoms with Gasteiger partial charge in [0.2, 0.25) is 0 Å². The van der Waals surface area contributed by atoms with Gasteiger partial charge in [-0.2, -0.15) is 0 Å². The van der Waals surface area contributed by atoms with Gasteiger partial charge in [0.05, 0.1) is 17.5 Å². The summed E-state index contributed by atoms with van der Waals surface area (Å²) in [5, 5.41) is 12.6. The van der Waals surface area contributed by atoms with Crippen molar-refractivity contribution >= 4 is 28.9 Å². The third-order valence-corrected chi connectivity index (χ3v) is 6.14. The number of benzene rings is 2. The van der Waals surface area contributed by atoms with Crippen molar-refractivity contribution in [1.82, 2.24) is 4.98 Å². The number of halogens is 1. The Labute approximate surface area is 154 Å². The van der Waals surface area contributed by atoms with E-state index in [0.29, 0.717) is 10.7 Å². The molecule has 1 aliphatic rings. The average Bonchev–Trinajstić information content (AvgIpc) is 3.19. The van der Waals surface area contributed by atoms with Crippen LogP contribution in [0, 0.1) is 0 Å². The molecule has 0 radical (unpaired) electrons. The summed E-state index contributed by atoms with van der Waals surface area (Å²) in [6, 6.07) is 16.4. The van der Waals surface area contributed by atoms with E-state index in [9.17, 15) is 4.79 Å². The second-order valence-electron chi connectivity index (χ2n) is 6.43. The van der Waals surface area contributed by atoms with Crippen molar-refractivity contribution in [2.45, 2.75) is 24.7 Å². The summed E-state index contributed by atoms with van der Waals surface area (Å²) in [5.74, 6) is -0.855. The van der Waals surface area contributed by atoms with Crippen molar-refractivity contribution in [3.05, 3.63) is 86.3 Å². The highest BCUT2D eigenvalue weighted by Gasteiger charge is 2.42. The predicted molar refractivity (Wildman–Crippen MR) is 99.5 cm³/mol. The first-order chi connectivity index (χ1) is 12.1. The van der Waals surface area contributed by atoms with Crippen LogP contribution in [0.2, 0.25) is 5.02 Å². The lowest BCUT2D eigenvalue weighted by Crippen LogP contribution is -2.28. The Bertz CT molecular complexity index is 908. The third-order valence-electron chi connectivity index (χ3n) is 4.79. The smallest absolute Gasteiger partial charge is 0.309 e. The molecular formula is C20H16ClNO2S. The predicted octanol–water partition coefficient (Wildman–Crippen LogP) is 4.51. The number of aromatic nitrogens is 1. The van der Waals surface area contributed by atoms with E-state index < -0.39 is 5.97 Å². The summed E-state index contributed by atoms with van der Waals surface area (Å²) in [4.78, 5) is 15.7. The van der Waals surface area contributed by atoms with Gasteiger partial charge in [-0.15, -0.1) is 11.3 Å². The van der Waals surface area contributed by atoms with E-state index in [1.807, 2.05) is 17.5 Å². The molecule has 25 heavy (non-hydrogen) atoms. The van der Waals surface area contributed by atoms with E-state index in [1.54, 1.807) is 11.3 Å². The van der Waals surface area contributed by atoms with E-state index in [2.05, 4.69) is 36.4 Å². The Morgan fingerprint density at radius 2 is 1.76 bits per heavy atom. The molecule has 126 valence electrons. The maximum absolute atomic E-state index is 11.0. The standard InChI is InChI=1S/C20H16ClNO2S/c21-16-7-5-15(6-8-16)20(10-13-3-1-2-4-14(13)11-20)19-22-17(12-25-19)9-18(23)24/h1-8,12H,9-11H2,(H,23,24). The van der Waals surface area contributed by atoms with Gasteiger partial charge in [0.1, 0.15) is 5.01 Å². The van der Waals surface area contributed by atoms with Crippen LogP contribution in [0.5, 0.6) is 0 Å². The van der Waals surface area contributed by atoms with Crippen molar-refractivity contribution in [3.8, 4) is 0 Å². The first-order valence-corrected chi connectivity index (χ1v) is 9.32. The normalized spacial score (nSPS) is 15.1. The highest BCUT2D eigenvalue weighted by molar-refractivity contribution is 7.09. The van der Waals surface area contributed by atoms with Gasteiger partial charge in [-0.05, 0) is 41.7 Å². The second-order valence-corrected chi connectivity index (χ2v) is 7.72. The van der Waals surface area contributed by atoms with E-state index >= 15 is 0 Å². The van der Waals surface area contributed by atoms with Gasteiger partial charge < -0.3 is 5.11 Å². The van der Waals surface area contributed by atoms with Gasteiger partial charge in [0, 0.05) is 10.4 Å². The number of carboxylic acid groups (broad SMARTS) is 1. The fraction of sp³-hybridized carbons (Fsp3) is 0.200. The molecule has 3 aromatic rings. The van der Waals surface area contributed by atoms with Crippen molar-refractivity contribution in [1.29, 1.82) is 0 Å². The fourth-order valence-corrected chi connectivity index (χ4v) is 4.79. The minimum absolute atomic E-state index is 0.0415. The van der Waals surface area contributed by atoms with E-state index in [-0.39, 0.29) is 11.8 Å². The Balaban J connectivity index is 1.81. The Morgan fingerprint density at radius 3 is 2.36 bits per heavy atom. The Morgan fingerprint density at radius 1 is 1.12 bits per heavy atom. The number of hydrogen-bond donors (Lipinski definition) is 1. The summed E-state index contributed by atoms with van der Waals surface area (Å²) in [7, 11) is 0. The maximum atomic E-state index is 11.0. The molecule has 1 heterocycles. The molecule has 4 rings (SSSR count). The molecule has 0 unspecified atom stereocenters. The SMILES string of the molecule is O=C(O)Cc1csc(C2(c3ccc(Cl)cc3)Cc3ccccc3C2)n1. The molecular weight excluding hydrogens is 354 g/mol. The topological polar surface area (TPSA) is 50.2 Å². The number of rotatable bonds is 4. The first-order valence-electron chi connectivity index (χ1n) is 8.06. The zero-order chi connectivity index (χ0) is 17.4. The highest BCUT2D eigenvalue weighted by Crippen LogP contribution is 2.46. The Hall–Kier alpha value is -2.17. The monoisotopic (exact) mass is 369 g/mol. The molecule has 1 aliphatic carbocycles. The van der Waals surface area contributed by atoms with Gasteiger partial charge in [0.25, 0.3) is 0 Å². The van der Waals surface area contributed by atoms with Gasteiger partial charge in [-0.1, -0.05) is 48.0 Å². The van der Waals surface area contributed by atoms with Crippen LogP contribution in [0.15, 0.2) is 53.9 Å². The van der Waals surface area contributed by atoms with Crippen molar-refractivity contribution in [2.24, 2.45) is 0 Å². The average molecular weight is 370 g/mol. The Kier molecular flexibility index (Phi) is 4.10. The van der Waals surface area contributed by atoms with Gasteiger partial charge in [-0.3, -0.25) is 4.79 Å². The van der Waals surface area contributed by atoms with Gasteiger partial charge in [-0.25, -0.2) is 4.98 Å². The molecule has 0 spiro atoms. The van der Waals surface area contributed by atoms with Crippen LogP contribution >= 0.6 is 22.9 Å². The minimum Gasteiger partial charge on any atom is -0.481 e. The van der Waals surface area contributed by atoms with Crippen LogP contribution in [0.4, 0.5) is 0 Å². The molecule has 0 bridgehead atoms. The molecule has 1 aromatic heterocycles. The molecule has 3 nitrogen and oxygen atoms in total. The van der Waals surface area contributed by atoms with Crippen LogP contribution in [0.25, 0.3) is 0 Å².